The molecular weight excluding hydrogens is 228 g/mol. The van der Waals surface area contributed by atoms with Gasteiger partial charge in [-0.1, -0.05) is 47.5 Å². The average molecular weight is 243 g/mol. The van der Waals surface area contributed by atoms with Gasteiger partial charge in [-0.3, -0.25) is 0 Å². The van der Waals surface area contributed by atoms with E-state index in [4.69, 9.17) is 0 Å². The Hall–Kier alpha value is -0.340. The van der Waals surface area contributed by atoms with E-state index in [9.17, 15) is 5.11 Å². The van der Waals surface area contributed by atoms with Crippen LogP contribution in [0.5, 0.6) is 0 Å². The summed E-state index contributed by atoms with van der Waals surface area (Å²) in [4.78, 5) is 0. The largest absolute Gasteiger partial charge is 0.388 e. The summed E-state index contributed by atoms with van der Waals surface area (Å²) in [6.07, 6.45) is 1.49. The Morgan fingerprint density at radius 3 is 2.77 bits per heavy atom. The second kappa shape index (κ2) is 4.77. The summed E-state index contributed by atoms with van der Waals surface area (Å²) in [5, 5.41) is 9.80. The zero-order chi connectivity index (χ0) is 9.84. The van der Waals surface area contributed by atoms with Crippen LogP contribution in [0.1, 0.15) is 37.0 Å². The molecule has 1 rings (SSSR count). The lowest BCUT2D eigenvalue weighted by Gasteiger charge is -2.12. The standard InChI is InChI=1S/C11H15BrO/c1-3-5-10(13)9-7-4-6-8(2)11(9)12/h4,6-7,10,13H,3,5H2,1-2H3. The first-order chi connectivity index (χ1) is 6.16. The maximum atomic E-state index is 9.80. The van der Waals surface area contributed by atoms with Crippen LogP contribution < -0.4 is 0 Å². The highest BCUT2D eigenvalue weighted by molar-refractivity contribution is 9.10. The normalized spacial score (nSPS) is 12.9. The number of halogens is 1. The molecule has 0 saturated heterocycles. The molecule has 1 N–H and O–H groups in total. The Kier molecular flexibility index (Phi) is 3.94. The number of aliphatic hydroxyl groups excluding tert-OH is 1. The van der Waals surface area contributed by atoms with Gasteiger partial charge in [0.25, 0.3) is 0 Å². The van der Waals surface area contributed by atoms with Crippen molar-refractivity contribution in [1.82, 2.24) is 0 Å². The molecule has 0 aliphatic rings. The predicted molar refractivity (Wildman–Crippen MR) is 58.7 cm³/mol. The van der Waals surface area contributed by atoms with Gasteiger partial charge in [0.15, 0.2) is 0 Å². The van der Waals surface area contributed by atoms with Gasteiger partial charge in [0, 0.05) is 4.47 Å². The molecule has 0 spiro atoms. The lowest BCUT2D eigenvalue weighted by molar-refractivity contribution is 0.165. The van der Waals surface area contributed by atoms with Crippen molar-refractivity contribution in [3.8, 4) is 0 Å². The second-order valence-corrected chi connectivity index (χ2v) is 4.08. The number of hydrogen-bond acceptors (Lipinski definition) is 1. The van der Waals surface area contributed by atoms with Crippen LogP contribution in [0.2, 0.25) is 0 Å². The Balaban J connectivity index is 2.93. The number of aryl methyl sites for hydroxylation is 1. The van der Waals surface area contributed by atoms with Gasteiger partial charge >= 0.3 is 0 Å². The second-order valence-electron chi connectivity index (χ2n) is 3.28. The monoisotopic (exact) mass is 242 g/mol. The third kappa shape index (κ3) is 2.55. The first kappa shape index (κ1) is 10.7. The molecule has 72 valence electrons. The molecule has 0 fully saturated rings. The molecule has 0 saturated carbocycles. The third-order valence-corrected chi connectivity index (χ3v) is 3.23. The van der Waals surface area contributed by atoms with Crippen molar-refractivity contribution >= 4 is 15.9 Å². The molecule has 1 aromatic carbocycles. The molecule has 0 amide bonds. The number of benzene rings is 1. The first-order valence-electron chi connectivity index (χ1n) is 4.60. The van der Waals surface area contributed by atoms with E-state index in [1.165, 1.54) is 5.56 Å². The number of hydrogen-bond donors (Lipinski definition) is 1. The molecule has 2 heteroatoms. The van der Waals surface area contributed by atoms with Crippen molar-refractivity contribution < 1.29 is 5.11 Å². The molecule has 0 aliphatic heterocycles. The summed E-state index contributed by atoms with van der Waals surface area (Å²) in [5.41, 5.74) is 2.18. The van der Waals surface area contributed by atoms with Crippen molar-refractivity contribution in [3.63, 3.8) is 0 Å². The van der Waals surface area contributed by atoms with Gasteiger partial charge in [0.2, 0.25) is 0 Å². The molecule has 1 unspecified atom stereocenters. The molecule has 13 heavy (non-hydrogen) atoms. The van der Waals surface area contributed by atoms with Crippen molar-refractivity contribution in [2.45, 2.75) is 32.8 Å². The number of aliphatic hydroxyl groups is 1. The Morgan fingerprint density at radius 1 is 1.46 bits per heavy atom. The lowest BCUT2D eigenvalue weighted by Crippen LogP contribution is -1.98. The van der Waals surface area contributed by atoms with Crippen molar-refractivity contribution in [3.05, 3.63) is 33.8 Å². The van der Waals surface area contributed by atoms with Crippen LogP contribution in [-0.2, 0) is 0 Å². The maximum absolute atomic E-state index is 9.80. The minimum Gasteiger partial charge on any atom is -0.388 e. The van der Waals surface area contributed by atoms with Crippen LogP contribution in [-0.4, -0.2) is 5.11 Å². The fourth-order valence-electron chi connectivity index (χ4n) is 1.36. The Morgan fingerprint density at radius 2 is 2.15 bits per heavy atom. The number of rotatable bonds is 3. The molecule has 0 bridgehead atoms. The topological polar surface area (TPSA) is 20.2 Å². The fourth-order valence-corrected chi connectivity index (χ4v) is 1.88. The third-order valence-electron chi connectivity index (χ3n) is 2.14. The van der Waals surface area contributed by atoms with E-state index in [-0.39, 0.29) is 6.10 Å². The molecule has 0 aromatic heterocycles. The van der Waals surface area contributed by atoms with Crippen LogP contribution >= 0.6 is 15.9 Å². The van der Waals surface area contributed by atoms with Crippen LogP contribution in [0, 0.1) is 6.92 Å². The van der Waals surface area contributed by atoms with Crippen molar-refractivity contribution in [1.29, 1.82) is 0 Å². The van der Waals surface area contributed by atoms with Crippen LogP contribution in [0.15, 0.2) is 22.7 Å². The quantitative estimate of drug-likeness (QED) is 0.860. The summed E-state index contributed by atoms with van der Waals surface area (Å²) in [7, 11) is 0. The molecule has 1 atom stereocenters. The van der Waals surface area contributed by atoms with E-state index in [0.717, 1.165) is 22.9 Å². The highest BCUT2D eigenvalue weighted by Gasteiger charge is 2.10. The van der Waals surface area contributed by atoms with E-state index in [0.29, 0.717) is 0 Å². The van der Waals surface area contributed by atoms with E-state index in [1.54, 1.807) is 0 Å². The van der Waals surface area contributed by atoms with Gasteiger partial charge in [-0.05, 0) is 24.5 Å². The Bertz CT molecular complexity index is 283. The minimum absolute atomic E-state index is 0.334. The molecule has 0 aliphatic carbocycles. The molecule has 0 radical (unpaired) electrons. The van der Waals surface area contributed by atoms with E-state index >= 15 is 0 Å². The van der Waals surface area contributed by atoms with Gasteiger partial charge in [-0.25, -0.2) is 0 Å². The summed E-state index contributed by atoms with van der Waals surface area (Å²) in [6.45, 7) is 4.11. The van der Waals surface area contributed by atoms with Gasteiger partial charge in [0.05, 0.1) is 6.10 Å². The van der Waals surface area contributed by atoms with Crippen LogP contribution in [0.4, 0.5) is 0 Å². The molecular formula is C11H15BrO. The zero-order valence-corrected chi connectivity index (χ0v) is 9.63. The molecule has 1 nitrogen and oxygen atoms in total. The average Bonchev–Trinajstić information content (AvgIpc) is 2.10. The van der Waals surface area contributed by atoms with Gasteiger partial charge in [-0.2, -0.15) is 0 Å². The minimum atomic E-state index is -0.334. The predicted octanol–water partition coefficient (Wildman–Crippen LogP) is 3.59. The summed E-state index contributed by atoms with van der Waals surface area (Å²) in [5.74, 6) is 0. The zero-order valence-electron chi connectivity index (χ0n) is 8.05. The summed E-state index contributed by atoms with van der Waals surface area (Å²) in [6, 6.07) is 5.98. The Labute approximate surface area is 87.9 Å². The fraction of sp³-hybridized carbons (Fsp3) is 0.455. The van der Waals surface area contributed by atoms with Crippen molar-refractivity contribution in [2.75, 3.05) is 0 Å². The van der Waals surface area contributed by atoms with E-state index in [1.807, 2.05) is 25.1 Å². The highest BCUT2D eigenvalue weighted by atomic mass is 79.9. The molecule has 0 heterocycles. The molecule has 1 aromatic rings. The SMILES string of the molecule is CCCC(O)c1cccc(C)c1Br. The first-order valence-corrected chi connectivity index (χ1v) is 5.39. The highest BCUT2D eigenvalue weighted by Crippen LogP contribution is 2.28. The van der Waals surface area contributed by atoms with Crippen LogP contribution in [0.25, 0.3) is 0 Å². The van der Waals surface area contributed by atoms with Crippen LogP contribution in [0.3, 0.4) is 0 Å². The van der Waals surface area contributed by atoms with Gasteiger partial charge < -0.3 is 5.11 Å². The summed E-state index contributed by atoms with van der Waals surface area (Å²) >= 11 is 3.49. The van der Waals surface area contributed by atoms with E-state index in [2.05, 4.69) is 22.9 Å². The lowest BCUT2D eigenvalue weighted by atomic mass is 10.0. The smallest absolute Gasteiger partial charge is 0.0800 e. The van der Waals surface area contributed by atoms with Gasteiger partial charge in [0.1, 0.15) is 0 Å². The maximum Gasteiger partial charge on any atom is 0.0800 e. The van der Waals surface area contributed by atoms with Crippen molar-refractivity contribution in [2.24, 2.45) is 0 Å². The van der Waals surface area contributed by atoms with Gasteiger partial charge in [-0.15, -0.1) is 0 Å². The summed E-state index contributed by atoms with van der Waals surface area (Å²) < 4.78 is 1.04. The van der Waals surface area contributed by atoms with E-state index < -0.39 is 0 Å².